The van der Waals surface area contributed by atoms with Crippen LogP contribution in [0.15, 0.2) is 53.3 Å². The number of hydrogen-bond donors (Lipinski definition) is 1. The summed E-state index contributed by atoms with van der Waals surface area (Å²) in [6, 6.07) is 13.2. The monoisotopic (exact) mass is 513 g/mol. The Bertz CT molecular complexity index is 1240. The number of ether oxygens (including phenoxy) is 1. The van der Waals surface area contributed by atoms with Gasteiger partial charge in [-0.05, 0) is 43.4 Å². The van der Waals surface area contributed by atoms with E-state index in [0.717, 1.165) is 67.4 Å². The Kier molecular flexibility index (Phi) is 7.43. The zero-order valence-corrected chi connectivity index (χ0v) is 20.7. The molecule has 0 radical (unpaired) electrons. The number of anilines is 2. The van der Waals surface area contributed by atoms with Crippen molar-refractivity contribution in [2.24, 2.45) is 0 Å². The number of piperazine rings is 1. The Morgan fingerprint density at radius 3 is 2.33 bits per heavy atom. The minimum atomic E-state index is -0.802. The molecular formula is C26H29F2N5O2S. The maximum Gasteiger partial charge on any atom is 0.316 e. The summed E-state index contributed by atoms with van der Waals surface area (Å²) in [6.45, 7) is 2.84. The molecule has 2 fully saturated rings. The van der Waals surface area contributed by atoms with Crippen molar-refractivity contribution in [3.63, 3.8) is 0 Å². The van der Waals surface area contributed by atoms with Gasteiger partial charge in [-0.3, -0.25) is 4.79 Å². The molecule has 2 N–H and O–H groups in total. The molecule has 1 saturated carbocycles. The third-order valence-corrected chi connectivity index (χ3v) is 7.73. The van der Waals surface area contributed by atoms with E-state index in [1.807, 2.05) is 23.1 Å². The minimum Gasteiger partial charge on any atom is -0.483 e. The molecule has 3 aromatic rings. The van der Waals surface area contributed by atoms with Crippen LogP contribution in [0.2, 0.25) is 0 Å². The SMILES string of the molecule is Nc1nn(-c2cc(F)cc(F)c2)c(=O)c(OC2CCCC2)c1N1CCN(SCc2ccccc2)CC1. The minimum absolute atomic E-state index is 0.0332. The van der Waals surface area contributed by atoms with E-state index < -0.39 is 17.2 Å². The normalized spacial score (nSPS) is 17.0. The number of nitrogen functional groups attached to an aromatic ring is 1. The molecule has 0 bridgehead atoms. The molecule has 0 atom stereocenters. The lowest BCUT2D eigenvalue weighted by Gasteiger charge is -2.36. The van der Waals surface area contributed by atoms with Crippen molar-refractivity contribution in [2.45, 2.75) is 37.5 Å². The highest BCUT2D eigenvalue weighted by Gasteiger charge is 2.29. The number of nitrogens with two attached hydrogens (primary N) is 1. The number of rotatable bonds is 7. The molecule has 2 aliphatic rings. The second kappa shape index (κ2) is 10.9. The zero-order valence-electron chi connectivity index (χ0n) is 19.9. The third-order valence-electron chi connectivity index (χ3n) is 6.54. The summed E-state index contributed by atoms with van der Waals surface area (Å²) in [5, 5.41) is 4.24. The summed E-state index contributed by atoms with van der Waals surface area (Å²) < 4.78 is 37.2. The Morgan fingerprint density at radius 2 is 1.67 bits per heavy atom. The highest BCUT2D eigenvalue weighted by Crippen LogP contribution is 2.35. The van der Waals surface area contributed by atoms with Gasteiger partial charge in [-0.2, -0.15) is 4.68 Å². The van der Waals surface area contributed by atoms with Crippen molar-refractivity contribution in [1.82, 2.24) is 14.1 Å². The van der Waals surface area contributed by atoms with Crippen LogP contribution < -0.4 is 20.9 Å². The fourth-order valence-corrected chi connectivity index (χ4v) is 5.66. The van der Waals surface area contributed by atoms with Crippen LogP contribution in [0.5, 0.6) is 5.75 Å². The van der Waals surface area contributed by atoms with Gasteiger partial charge < -0.3 is 15.4 Å². The van der Waals surface area contributed by atoms with Gasteiger partial charge in [0.2, 0.25) is 5.75 Å². The fourth-order valence-electron chi connectivity index (χ4n) is 4.72. The van der Waals surface area contributed by atoms with Gasteiger partial charge in [0, 0.05) is 38.0 Å². The lowest BCUT2D eigenvalue weighted by Crippen LogP contribution is -2.45. The molecule has 1 aromatic heterocycles. The maximum atomic E-state index is 13.9. The van der Waals surface area contributed by atoms with Gasteiger partial charge in [0.05, 0.1) is 11.8 Å². The molecule has 0 amide bonds. The summed E-state index contributed by atoms with van der Waals surface area (Å²) in [5.74, 6) is -0.518. The van der Waals surface area contributed by atoms with Gasteiger partial charge in [0.1, 0.15) is 17.3 Å². The van der Waals surface area contributed by atoms with Gasteiger partial charge in [-0.1, -0.05) is 42.3 Å². The molecule has 0 unspecified atom stereocenters. The lowest BCUT2D eigenvalue weighted by molar-refractivity contribution is 0.206. The first-order valence-corrected chi connectivity index (χ1v) is 13.1. The Hall–Kier alpha value is -3.11. The number of hydrogen-bond acceptors (Lipinski definition) is 7. The molecule has 0 spiro atoms. The first-order valence-electron chi connectivity index (χ1n) is 12.2. The number of halogens is 2. The van der Waals surface area contributed by atoms with E-state index in [1.54, 1.807) is 11.9 Å². The van der Waals surface area contributed by atoms with Gasteiger partial charge in [-0.15, -0.1) is 5.10 Å². The molecular weight excluding hydrogens is 484 g/mol. The Balaban J connectivity index is 1.40. The van der Waals surface area contributed by atoms with Crippen molar-refractivity contribution in [2.75, 3.05) is 36.8 Å². The Morgan fingerprint density at radius 1 is 1.00 bits per heavy atom. The lowest BCUT2D eigenvalue weighted by atomic mass is 10.2. The van der Waals surface area contributed by atoms with Gasteiger partial charge in [0.25, 0.3) is 0 Å². The van der Waals surface area contributed by atoms with E-state index in [0.29, 0.717) is 18.8 Å². The number of benzene rings is 2. The largest absolute Gasteiger partial charge is 0.483 e. The molecule has 1 saturated heterocycles. The fraction of sp³-hybridized carbons (Fsp3) is 0.385. The van der Waals surface area contributed by atoms with Crippen LogP contribution >= 0.6 is 11.9 Å². The first kappa shape index (κ1) is 24.6. The molecule has 7 nitrogen and oxygen atoms in total. The second-order valence-electron chi connectivity index (χ2n) is 9.11. The standard InChI is InChI=1S/C26H29F2N5O2S/c27-19-14-20(28)16-21(15-19)33-26(34)24(35-22-8-4-5-9-22)23(25(29)30-33)31-10-12-32(13-11-31)36-17-18-6-2-1-3-7-18/h1-3,6-7,14-16,22H,4-5,8-13,17H2,(H2,29,30). The van der Waals surface area contributed by atoms with Gasteiger partial charge >= 0.3 is 5.56 Å². The van der Waals surface area contributed by atoms with Crippen molar-refractivity contribution < 1.29 is 13.5 Å². The summed E-state index contributed by atoms with van der Waals surface area (Å²) in [7, 11) is 0. The molecule has 5 rings (SSSR count). The molecule has 190 valence electrons. The molecule has 2 aromatic carbocycles. The molecule has 1 aliphatic heterocycles. The molecule has 1 aliphatic carbocycles. The Labute approximate surface area is 213 Å². The average Bonchev–Trinajstić information content (AvgIpc) is 3.39. The van der Waals surface area contributed by atoms with Crippen molar-refractivity contribution in [1.29, 1.82) is 0 Å². The van der Waals surface area contributed by atoms with Crippen molar-refractivity contribution in [3.05, 3.63) is 76.1 Å². The van der Waals surface area contributed by atoms with Crippen LogP contribution in [0.3, 0.4) is 0 Å². The van der Waals surface area contributed by atoms with Crippen LogP contribution in [0, 0.1) is 11.6 Å². The quantitative estimate of drug-likeness (QED) is 0.470. The zero-order chi connectivity index (χ0) is 25.1. The van der Waals surface area contributed by atoms with E-state index in [4.69, 9.17) is 10.5 Å². The summed E-state index contributed by atoms with van der Waals surface area (Å²) in [4.78, 5) is 15.6. The van der Waals surface area contributed by atoms with Crippen molar-refractivity contribution in [3.8, 4) is 11.4 Å². The topological polar surface area (TPSA) is 76.6 Å². The summed E-state index contributed by atoms with van der Waals surface area (Å²) >= 11 is 1.78. The maximum absolute atomic E-state index is 13.9. The predicted octanol–water partition coefficient (Wildman–Crippen LogP) is 4.38. The summed E-state index contributed by atoms with van der Waals surface area (Å²) in [6.07, 6.45) is 3.65. The second-order valence-corrected chi connectivity index (χ2v) is 10.2. The van der Waals surface area contributed by atoms with Crippen LogP contribution in [0.25, 0.3) is 5.69 Å². The van der Waals surface area contributed by atoms with Crippen LogP contribution in [-0.4, -0.2) is 46.4 Å². The van der Waals surface area contributed by atoms with E-state index in [2.05, 4.69) is 21.5 Å². The van der Waals surface area contributed by atoms with Crippen LogP contribution in [-0.2, 0) is 5.75 Å². The predicted molar refractivity (Wildman–Crippen MR) is 139 cm³/mol. The van der Waals surface area contributed by atoms with Gasteiger partial charge in [0.15, 0.2) is 5.82 Å². The smallest absolute Gasteiger partial charge is 0.316 e. The first-order chi connectivity index (χ1) is 17.5. The highest BCUT2D eigenvalue weighted by molar-refractivity contribution is 7.96. The van der Waals surface area contributed by atoms with E-state index >= 15 is 0 Å². The highest BCUT2D eigenvalue weighted by atomic mass is 32.2. The number of aromatic nitrogens is 2. The average molecular weight is 514 g/mol. The van der Waals surface area contributed by atoms with E-state index in [9.17, 15) is 13.6 Å². The van der Waals surface area contributed by atoms with Crippen molar-refractivity contribution >= 4 is 23.5 Å². The van der Waals surface area contributed by atoms with E-state index in [-0.39, 0.29) is 23.4 Å². The molecule has 36 heavy (non-hydrogen) atoms. The molecule has 10 heteroatoms. The summed E-state index contributed by atoms with van der Waals surface area (Å²) in [5.41, 5.74) is 7.51. The van der Waals surface area contributed by atoms with Crippen LogP contribution in [0.1, 0.15) is 31.2 Å². The third kappa shape index (κ3) is 5.49. The number of nitrogens with zero attached hydrogens (tertiary/aromatic N) is 4. The van der Waals surface area contributed by atoms with E-state index in [1.165, 1.54) is 5.56 Å². The van der Waals surface area contributed by atoms with Crippen LogP contribution in [0.4, 0.5) is 20.3 Å². The molecule has 2 heterocycles. The van der Waals surface area contributed by atoms with Gasteiger partial charge in [-0.25, -0.2) is 13.1 Å².